The van der Waals surface area contributed by atoms with E-state index in [1.165, 1.54) is 0 Å². The molecule has 0 aliphatic heterocycles. The van der Waals surface area contributed by atoms with Crippen molar-refractivity contribution < 1.29 is 17.7 Å². The Hall–Kier alpha value is -0.200. The van der Waals surface area contributed by atoms with Crippen molar-refractivity contribution in [3.05, 3.63) is 0 Å². The normalized spacial score (nSPS) is 10.7. The number of unbranched alkanes of at least 4 members (excludes halogenated alkanes) is 2. The third kappa shape index (κ3) is 12.9. The predicted octanol–water partition coefficient (Wildman–Crippen LogP) is 0.722. The fourth-order valence-corrected chi connectivity index (χ4v) is 0.978. The molecule has 0 atom stereocenters. The Morgan fingerprint density at radius 1 is 1.36 bits per heavy atom. The van der Waals surface area contributed by atoms with Gasteiger partial charge >= 0.3 is 10.3 Å². The molecule has 0 bridgehead atoms. The van der Waals surface area contributed by atoms with Crippen LogP contribution in [0.5, 0.6) is 0 Å². The van der Waals surface area contributed by atoms with Crippen molar-refractivity contribution in [2.45, 2.75) is 26.2 Å². The van der Waals surface area contributed by atoms with Crippen LogP contribution in [-0.2, 0) is 10.3 Å². The Kier molecular flexibility index (Phi) is 7.92. The van der Waals surface area contributed by atoms with Gasteiger partial charge < -0.3 is 0 Å². The van der Waals surface area contributed by atoms with Crippen LogP contribution in [-0.4, -0.2) is 19.5 Å². The van der Waals surface area contributed by atoms with Crippen LogP contribution in [0.3, 0.4) is 0 Å². The number of rotatable bonds is 5. The minimum absolute atomic E-state index is 0. The molecule has 0 unspecified atom stereocenters. The second-order valence-electron chi connectivity index (χ2n) is 2.08. The zero-order valence-electron chi connectivity index (χ0n) is 6.41. The summed E-state index contributed by atoms with van der Waals surface area (Å²) in [6, 6.07) is 0. The van der Waals surface area contributed by atoms with E-state index in [1.54, 1.807) is 0 Å². The van der Waals surface area contributed by atoms with Crippen LogP contribution in [0.25, 0.3) is 0 Å². The average molecular weight is 187 g/mol. The third-order valence-corrected chi connectivity index (χ3v) is 1.63. The molecule has 2 N–H and O–H groups in total. The van der Waals surface area contributed by atoms with Gasteiger partial charge in [-0.3, -0.25) is 9.26 Å². The van der Waals surface area contributed by atoms with Crippen LogP contribution in [0.2, 0.25) is 0 Å². The van der Waals surface area contributed by atoms with E-state index < -0.39 is 10.3 Å². The molecule has 0 aromatic carbocycles. The Labute approximate surface area is 66.2 Å². The van der Waals surface area contributed by atoms with Crippen molar-refractivity contribution in [3.63, 3.8) is 0 Å². The highest BCUT2D eigenvalue weighted by Gasteiger charge is 1.99. The zero-order chi connectivity index (χ0) is 8.04. The Bertz CT molecular complexity index is 169. The molecule has 0 aromatic rings. The molecule has 0 amide bonds. The average Bonchev–Trinajstić information content (AvgIpc) is 1.78. The molecule has 0 fully saturated rings. The van der Waals surface area contributed by atoms with E-state index in [1.807, 2.05) is 11.6 Å². The van der Waals surface area contributed by atoms with Gasteiger partial charge in [0.05, 0.1) is 0 Å². The summed E-state index contributed by atoms with van der Waals surface area (Å²) in [4.78, 5) is 0. The molecule has 0 aliphatic rings. The molecule has 70 valence electrons. The Morgan fingerprint density at radius 3 is 2.27 bits per heavy atom. The lowest BCUT2D eigenvalue weighted by Gasteiger charge is -1.97. The van der Waals surface area contributed by atoms with Crippen LogP contribution >= 0.6 is 0 Å². The zero-order valence-corrected chi connectivity index (χ0v) is 7.23. The highest BCUT2D eigenvalue weighted by atomic mass is 32.2. The minimum Gasteiger partial charge on any atom is -0.273 e. The van der Waals surface area contributed by atoms with Crippen LogP contribution in [0.15, 0.2) is 0 Å². The molecule has 0 saturated carbocycles. The topological polar surface area (TPSA) is 66.4 Å². The van der Waals surface area contributed by atoms with E-state index in [-0.39, 0.29) is 4.70 Å². The van der Waals surface area contributed by atoms with Crippen LogP contribution in [0.1, 0.15) is 26.2 Å². The van der Waals surface area contributed by atoms with Gasteiger partial charge in [-0.2, -0.15) is 13.1 Å². The molecule has 0 aromatic heterocycles. The molecule has 0 saturated heterocycles. The third-order valence-electron chi connectivity index (χ3n) is 1.06. The minimum atomic E-state index is -3.95. The first-order chi connectivity index (χ1) is 4.56. The fraction of sp³-hybridized carbons (Fsp3) is 1.00. The van der Waals surface area contributed by atoms with Crippen LogP contribution < -0.4 is 4.72 Å². The van der Waals surface area contributed by atoms with Crippen LogP contribution in [0.4, 0.5) is 4.70 Å². The van der Waals surface area contributed by atoms with Gasteiger partial charge in [0.1, 0.15) is 0 Å². The second-order valence-corrected chi connectivity index (χ2v) is 3.32. The fourth-order valence-electron chi connectivity index (χ4n) is 0.576. The summed E-state index contributed by atoms with van der Waals surface area (Å²) < 4.78 is 30.2. The Morgan fingerprint density at radius 2 is 1.91 bits per heavy atom. The molecular formula is C5H14FNO3S. The lowest BCUT2D eigenvalue weighted by molar-refractivity contribution is 0.465. The molecule has 11 heavy (non-hydrogen) atoms. The summed E-state index contributed by atoms with van der Waals surface area (Å²) in [5, 5.41) is 0. The molecule has 0 heterocycles. The van der Waals surface area contributed by atoms with Gasteiger partial charge in [0.2, 0.25) is 0 Å². The van der Waals surface area contributed by atoms with Gasteiger partial charge in [0.25, 0.3) is 0 Å². The number of hydrogen-bond donors (Lipinski definition) is 2. The number of hydrogen-bond acceptors (Lipinski definition) is 2. The maximum Gasteiger partial charge on any atom is 0.333 e. The SMILES string of the molecule is CCCCCNS(=O)(=O)O.F. The first-order valence-corrected chi connectivity index (χ1v) is 4.72. The number of nitrogens with one attached hydrogen (secondary N) is 1. The van der Waals surface area contributed by atoms with Gasteiger partial charge in [-0.15, -0.1) is 0 Å². The molecular weight excluding hydrogens is 173 g/mol. The van der Waals surface area contributed by atoms with E-state index >= 15 is 0 Å². The van der Waals surface area contributed by atoms with Crippen molar-refractivity contribution in [1.29, 1.82) is 0 Å². The Balaban J connectivity index is 0. The van der Waals surface area contributed by atoms with Crippen molar-refractivity contribution in [2.24, 2.45) is 0 Å². The summed E-state index contributed by atoms with van der Waals surface area (Å²) in [7, 11) is -3.95. The van der Waals surface area contributed by atoms with Gasteiger partial charge in [-0.1, -0.05) is 19.8 Å². The molecule has 6 heteroatoms. The van der Waals surface area contributed by atoms with Crippen molar-refractivity contribution in [1.82, 2.24) is 4.72 Å². The van der Waals surface area contributed by atoms with Gasteiger partial charge in [0, 0.05) is 6.54 Å². The van der Waals surface area contributed by atoms with E-state index in [4.69, 9.17) is 4.55 Å². The largest absolute Gasteiger partial charge is 0.333 e. The second kappa shape index (κ2) is 6.51. The summed E-state index contributed by atoms with van der Waals surface area (Å²) in [6.45, 7) is 2.35. The summed E-state index contributed by atoms with van der Waals surface area (Å²) in [5.41, 5.74) is 0. The van der Waals surface area contributed by atoms with E-state index in [2.05, 4.69) is 0 Å². The molecule has 0 rings (SSSR count). The maximum absolute atomic E-state index is 10.0. The quantitative estimate of drug-likeness (QED) is 0.492. The molecule has 0 radical (unpaired) electrons. The standard InChI is InChI=1S/C5H13NO3S.FH/c1-2-3-4-5-6-10(7,8)9;/h6H,2-5H2,1H3,(H,7,8,9);1H. The van der Waals surface area contributed by atoms with Gasteiger partial charge in [-0.25, -0.2) is 0 Å². The van der Waals surface area contributed by atoms with E-state index in [0.29, 0.717) is 6.54 Å². The highest BCUT2D eigenvalue weighted by molar-refractivity contribution is 7.83. The van der Waals surface area contributed by atoms with Crippen molar-refractivity contribution >= 4 is 10.3 Å². The number of halogens is 1. The smallest absolute Gasteiger partial charge is 0.273 e. The first-order valence-electron chi connectivity index (χ1n) is 3.28. The summed E-state index contributed by atoms with van der Waals surface area (Å²) >= 11 is 0. The lowest BCUT2D eigenvalue weighted by Crippen LogP contribution is -2.23. The predicted molar refractivity (Wildman–Crippen MR) is 41.6 cm³/mol. The first kappa shape index (κ1) is 13.4. The van der Waals surface area contributed by atoms with E-state index in [0.717, 1.165) is 19.3 Å². The van der Waals surface area contributed by atoms with Crippen molar-refractivity contribution in [2.75, 3.05) is 6.54 Å². The molecule has 4 nitrogen and oxygen atoms in total. The molecule has 0 spiro atoms. The van der Waals surface area contributed by atoms with Crippen LogP contribution in [0, 0.1) is 0 Å². The van der Waals surface area contributed by atoms with Gasteiger partial charge in [0.15, 0.2) is 0 Å². The van der Waals surface area contributed by atoms with E-state index in [9.17, 15) is 8.42 Å². The summed E-state index contributed by atoms with van der Waals surface area (Å²) in [6.07, 6.45) is 2.78. The highest BCUT2D eigenvalue weighted by Crippen LogP contribution is 1.91. The molecule has 0 aliphatic carbocycles. The van der Waals surface area contributed by atoms with Crippen molar-refractivity contribution in [3.8, 4) is 0 Å². The maximum atomic E-state index is 10.0. The summed E-state index contributed by atoms with van der Waals surface area (Å²) in [5.74, 6) is 0. The van der Waals surface area contributed by atoms with Gasteiger partial charge in [-0.05, 0) is 6.42 Å². The monoisotopic (exact) mass is 187 g/mol. The lowest BCUT2D eigenvalue weighted by atomic mass is 10.3.